The molecule has 8 heteroatoms. The van der Waals surface area contributed by atoms with Crippen molar-refractivity contribution in [1.29, 1.82) is 0 Å². The third-order valence-corrected chi connectivity index (χ3v) is 4.09. The van der Waals surface area contributed by atoms with E-state index in [0.717, 1.165) is 18.7 Å². The Bertz CT molecular complexity index is 850. The number of nitrogens with one attached hydrogen (secondary N) is 2. The number of hydrogen-bond acceptors (Lipinski definition) is 7. The highest BCUT2D eigenvalue weighted by Crippen LogP contribution is 2.30. The van der Waals surface area contributed by atoms with Crippen LogP contribution in [0.5, 0.6) is 11.5 Å². The number of hydrogen-bond donors (Lipinski definition) is 2. The summed E-state index contributed by atoms with van der Waals surface area (Å²) in [4.78, 5) is 28.4. The molecule has 1 saturated carbocycles. The van der Waals surface area contributed by atoms with Crippen LogP contribution in [0.2, 0.25) is 0 Å². The molecule has 1 heterocycles. The molecule has 2 aromatic rings. The molecular weight excluding hydrogens is 374 g/mol. The SMILES string of the molecule is CCOc1ccc(NC(=O)COC(=O)c2ccc(NC3CC3)nc2)cc1OCC. The quantitative estimate of drug-likeness (QED) is 0.592. The minimum Gasteiger partial charge on any atom is -0.490 e. The van der Waals surface area contributed by atoms with Crippen LogP contribution in [0.25, 0.3) is 0 Å². The fourth-order valence-electron chi connectivity index (χ4n) is 2.58. The van der Waals surface area contributed by atoms with Crippen LogP contribution in [0, 0.1) is 0 Å². The average molecular weight is 399 g/mol. The van der Waals surface area contributed by atoms with Crippen molar-refractivity contribution in [2.24, 2.45) is 0 Å². The van der Waals surface area contributed by atoms with Crippen molar-refractivity contribution in [3.63, 3.8) is 0 Å². The molecule has 1 aliphatic carbocycles. The molecular formula is C21H25N3O5. The van der Waals surface area contributed by atoms with E-state index in [2.05, 4.69) is 15.6 Å². The van der Waals surface area contributed by atoms with Crippen LogP contribution < -0.4 is 20.1 Å². The highest BCUT2D eigenvalue weighted by Gasteiger charge is 2.21. The normalized spacial score (nSPS) is 12.8. The Kier molecular flexibility index (Phi) is 6.89. The van der Waals surface area contributed by atoms with Gasteiger partial charge in [0.25, 0.3) is 5.91 Å². The van der Waals surface area contributed by atoms with Gasteiger partial charge in [0, 0.05) is 24.0 Å². The summed E-state index contributed by atoms with van der Waals surface area (Å²) < 4.78 is 16.1. The van der Waals surface area contributed by atoms with Gasteiger partial charge < -0.3 is 24.8 Å². The average Bonchev–Trinajstić information content (AvgIpc) is 3.53. The standard InChI is InChI=1S/C21H25N3O5/c1-3-27-17-9-8-16(11-18(17)28-4-2)24-20(25)13-29-21(26)14-5-10-19(22-12-14)23-15-6-7-15/h5,8-12,15H,3-4,6-7,13H2,1-2H3,(H,22,23)(H,24,25). The highest BCUT2D eigenvalue weighted by molar-refractivity contribution is 5.95. The van der Waals surface area contributed by atoms with Gasteiger partial charge in [0.1, 0.15) is 5.82 Å². The number of anilines is 2. The topological polar surface area (TPSA) is 98.8 Å². The zero-order valence-electron chi connectivity index (χ0n) is 16.6. The zero-order valence-corrected chi connectivity index (χ0v) is 16.6. The van der Waals surface area contributed by atoms with Crippen molar-refractivity contribution in [3.05, 3.63) is 42.1 Å². The maximum absolute atomic E-state index is 12.1. The summed E-state index contributed by atoms with van der Waals surface area (Å²) in [5.41, 5.74) is 0.814. The fraction of sp³-hybridized carbons (Fsp3) is 0.381. The molecule has 8 nitrogen and oxygen atoms in total. The van der Waals surface area contributed by atoms with Gasteiger partial charge in [0.2, 0.25) is 0 Å². The molecule has 0 spiro atoms. The fourth-order valence-corrected chi connectivity index (χ4v) is 2.58. The first-order chi connectivity index (χ1) is 14.1. The van der Waals surface area contributed by atoms with Crippen LogP contribution in [0.3, 0.4) is 0 Å². The Morgan fingerprint density at radius 1 is 1.07 bits per heavy atom. The number of nitrogens with zero attached hydrogens (tertiary/aromatic N) is 1. The number of benzene rings is 1. The van der Waals surface area contributed by atoms with Crippen molar-refractivity contribution >= 4 is 23.4 Å². The van der Waals surface area contributed by atoms with E-state index >= 15 is 0 Å². The highest BCUT2D eigenvalue weighted by atomic mass is 16.5. The first-order valence-electron chi connectivity index (χ1n) is 9.68. The Balaban J connectivity index is 1.51. The predicted molar refractivity (Wildman–Crippen MR) is 109 cm³/mol. The van der Waals surface area contributed by atoms with Crippen molar-refractivity contribution in [2.75, 3.05) is 30.5 Å². The van der Waals surface area contributed by atoms with Crippen LogP contribution in [0.15, 0.2) is 36.5 Å². The molecule has 1 fully saturated rings. The van der Waals surface area contributed by atoms with Crippen LogP contribution in [-0.4, -0.2) is 42.7 Å². The van der Waals surface area contributed by atoms with Crippen molar-refractivity contribution in [3.8, 4) is 11.5 Å². The summed E-state index contributed by atoms with van der Waals surface area (Å²) in [7, 11) is 0. The van der Waals surface area contributed by atoms with E-state index in [4.69, 9.17) is 14.2 Å². The predicted octanol–water partition coefficient (Wildman–Crippen LogP) is 3.25. The van der Waals surface area contributed by atoms with Crippen LogP contribution in [0.4, 0.5) is 11.5 Å². The molecule has 2 N–H and O–H groups in total. The number of ether oxygens (including phenoxy) is 3. The molecule has 0 atom stereocenters. The van der Waals surface area contributed by atoms with E-state index in [9.17, 15) is 9.59 Å². The summed E-state index contributed by atoms with van der Waals surface area (Å²) in [6, 6.07) is 8.92. The van der Waals surface area contributed by atoms with E-state index < -0.39 is 18.5 Å². The van der Waals surface area contributed by atoms with E-state index in [1.807, 2.05) is 13.8 Å². The molecule has 0 unspecified atom stereocenters. The maximum Gasteiger partial charge on any atom is 0.340 e. The number of pyridine rings is 1. The summed E-state index contributed by atoms with van der Waals surface area (Å²) >= 11 is 0. The lowest BCUT2D eigenvalue weighted by molar-refractivity contribution is -0.119. The van der Waals surface area contributed by atoms with Gasteiger partial charge in [-0.25, -0.2) is 9.78 Å². The van der Waals surface area contributed by atoms with Crippen LogP contribution in [-0.2, 0) is 9.53 Å². The molecule has 1 amide bonds. The second kappa shape index (κ2) is 9.77. The minimum atomic E-state index is -0.604. The number of carbonyl (C=O) groups excluding carboxylic acids is 2. The largest absolute Gasteiger partial charge is 0.490 e. The molecule has 1 aromatic carbocycles. The van der Waals surface area contributed by atoms with Gasteiger partial charge in [-0.15, -0.1) is 0 Å². The van der Waals surface area contributed by atoms with Crippen LogP contribution in [0.1, 0.15) is 37.0 Å². The van der Waals surface area contributed by atoms with Crippen molar-refractivity contribution in [2.45, 2.75) is 32.7 Å². The van der Waals surface area contributed by atoms with Gasteiger partial charge in [-0.2, -0.15) is 0 Å². The van der Waals surface area contributed by atoms with Gasteiger partial charge >= 0.3 is 5.97 Å². The third-order valence-electron chi connectivity index (χ3n) is 4.09. The zero-order chi connectivity index (χ0) is 20.6. The summed E-state index contributed by atoms with van der Waals surface area (Å²) in [6.07, 6.45) is 3.72. The second-order valence-electron chi connectivity index (χ2n) is 6.50. The minimum absolute atomic E-state index is 0.291. The summed E-state index contributed by atoms with van der Waals surface area (Å²) in [6.45, 7) is 4.32. The molecule has 0 bridgehead atoms. The molecule has 1 aromatic heterocycles. The van der Waals surface area contributed by atoms with E-state index in [1.165, 1.54) is 6.20 Å². The first-order valence-corrected chi connectivity index (χ1v) is 9.68. The maximum atomic E-state index is 12.1. The molecule has 29 heavy (non-hydrogen) atoms. The second-order valence-corrected chi connectivity index (χ2v) is 6.50. The molecule has 0 saturated heterocycles. The van der Waals surface area contributed by atoms with Crippen molar-refractivity contribution < 1.29 is 23.8 Å². The lowest BCUT2D eigenvalue weighted by atomic mass is 10.2. The Morgan fingerprint density at radius 2 is 1.83 bits per heavy atom. The molecule has 0 radical (unpaired) electrons. The van der Waals surface area contributed by atoms with Gasteiger partial charge in [0.05, 0.1) is 18.8 Å². The Hall–Kier alpha value is -3.29. The third kappa shape index (κ3) is 6.10. The van der Waals surface area contributed by atoms with Crippen LogP contribution >= 0.6 is 0 Å². The monoisotopic (exact) mass is 399 g/mol. The van der Waals surface area contributed by atoms with Gasteiger partial charge in [-0.3, -0.25) is 4.79 Å². The number of carbonyl (C=O) groups is 2. The van der Waals surface area contributed by atoms with E-state index in [0.29, 0.717) is 42.0 Å². The number of aromatic nitrogens is 1. The Labute approximate surface area is 169 Å². The smallest absolute Gasteiger partial charge is 0.340 e. The van der Waals surface area contributed by atoms with E-state index in [1.54, 1.807) is 30.3 Å². The molecule has 3 rings (SSSR count). The van der Waals surface area contributed by atoms with Gasteiger partial charge in [-0.05, 0) is 51.0 Å². The van der Waals surface area contributed by atoms with E-state index in [-0.39, 0.29) is 0 Å². The molecule has 0 aliphatic heterocycles. The number of amides is 1. The number of rotatable bonds is 10. The summed E-state index contributed by atoms with van der Waals surface area (Å²) in [5.74, 6) is 0.806. The lowest BCUT2D eigenvalue weighted by Crippen LogP contribution is -2.21. The molecule has 1 aliphatic rings. The summed E-state index contributed by atoms with van der Waals surface area (Å²) in [5, 5.41) is 5.92. The first kappa shape index (κ1) is 20.4. The van der Waals surface area contributed by atoms with Gasteiger partial charge in [0.15, 0.2) is 18.1 Å². The van der Waals surface area contributed by atoms with Gasteiger partial charge in [-0.1, -0.05) is 0 Å². The van der Waals surface area contributed by atoms with Crippen molar-refractivity contribution in [1.82, 2.24) is 4.98 Å². The molecule has 154 valence electrons. The number of esters is 1. The Morgan fingerprint density at radius 3 is 2.48 bits per heavy atom. The lowest BCUT2D eigenvalue weighted by Gasteiger charge is -2.13.